The molecule has 1 aromatic rings. The van der Waals surface area contributed by atoms with Gasteiger partial charge in [-0.25, -0.2) is 0 Å². The molecule has 2 nitrogen and oxygen atoms in total. The van der Waals surface area contributed by atoms with Gasteiger partial charge in [0.05, 0.1) is 5.02 Å². The molecule has 0 amide bonds. The molecule has 3 heteroatoms. The molecule has 0 aliphatic carbocycles. The highest BCUT2D eigenvalue weighted by Crippen LogP contribution is 2.28. The van der Waals surface area contributed by atoms with Gasteiger partial charge in [0.1, 0.15) is 12.4 Å². The molecule has 0 fully saturated rings. The van der Waals surface area contributed by atoms with Crippen molar-refractivity contribution in [2.24, 2.45) is 0 Å². The van der Waals surface area contributed by atoms with Crippen LogP contribution in [-0.2, 0) is 6.54 Å². The fourth-order valence-corrected chi connectivity index (χ4v) is 1.71. The van der Waals surface area contributed by atoms with E-state index in [0.29, 0.717) is 17.7 Å². The molecule has 1 N–H and O–H groups in total. The van der Waals surface area contributed by atoms with Gasteiger partial charge in [-0.3, -0.25) is 0 Å². The van der Waals surface area contributed by atoms with Gasteiger partial charge < -0.3 is 10.1 Å². The van der Waals surface area contributed by atoms with Crippen LogP contribution >= 0.6 is 11.6 Å². The highest BCUT2D eigenvalue weighted by atomic mass is 35.5. The van der Waals surface area contributed by atoms with Crippen LogP contribution in [0.4, 0.5) is 0 Å². The molecule has 0 saturated heterocycles. The zero-order chi connectivity index (χ0) is 13.5. The SMILES string of the molecule is CC(C)=CCOc1c(Cl)cccc1CNC(C)C. The molecule has 18 heavy (non-hydrogen) atoms. The quantitative estimate of drug-likeness (QED) is 0.781. The van der Waals surface area contributed by atoms with E-state index in [0.717, 1.165) is 17.9 Å². The first-order valence-electron chi connectivity index (χ1n) is 6.27. The van der Waals surface area contributed by atoms with Crippen molar-refractivity contribution in [3.63, 3.8) is 0 Å². The van der Waals surface area contributed by atoms with Gasteiger partial charge >= 0.3 is 0 Å². The second-order valence-corrected chi connectivity index (χ2v) is 5.26. The monoisotopic (exact) mass is 267 g/mol. The zero-order valence-electron chi connectivity index (χ0n) is 11.6. The fourth-order valence-electron chi connectivity index (χ4n) is 1.46. The molecule has 0 unspecified atom stereocenters. The molecule has 1 rings (SSSR count). The topological polar surface area (TPSA) is 21.3 Å². The van der Waals surface area contributed by atoms with Gasteiger partial charge in [0.15, 0.2) is 0 Å². The van der Waals surface area contributed by atoms with Gasteiger partial charge in [-0.1, -0.05) is 43.2 Å². The van der Waals surface area contributed by atoms with Gasteiger partial charge in [0.2, 0.25) is 0 Å². The first kappa shape index (κ1) is 15.1. The fraction of sp³-hybridized carbons (Fsp3) is 0.467. The number of halogens is 1. The zero-order valence-corrected chi connectivity index (χ0v) is 12.3. The molecule has 0 aliphatic heterocycles. The molecule has 100 valence electrons. The van der Waals surface area contributed by atoms with Crippen molar-refractivity contribution in [2.75, 3.05) is 6.61 Å². The Morgan fingerprint density at radius 3 is 2.72 bits per heavy atom. The second-order valence-electron chi connectivity index (χ2n) is 4.86. The number of rotatable bonds is 6. The number of ether oxygens (including phenoxy) is 1. The van der Waals surface area contributed by atoms with Crippen molar-refractivity contribution in [3.8, 4) is 5.75 Å². The minimum atomic E-state index is 0.439. The lowest BCUT2D eigenvalue weighted by molar-refractivity contribution is 0.356. The number of nitrogens with one attached hydrogen (secondary N) is 1. The summed E-state index contributed by atoms with van der Waals surface area (Å²) in [6, 6.07) is 6.29. The van der Waals surface area contributed by atoms with E-state index in [1.165, 1.54) is 5.57 Å². The van der Waals surface area contributed by atoms with Gasteiger partial charge in [-0.15, -0.1) is 0 Å². The summed E-state index contributed by atoms with van der Waals surface area (Å²) in [5.41, 5.74) is 2.34. The third-order valence-electron chi connectivity index (χ3n) is 2.47. The van der Waals surface area contributed by atoms with Crippen LogP contribution in [0.15, 0.2) is 29.8 Å². The molecule has 0 aromatic heterocycles. The maximum absolute atomic E-state index is 6.19. The van der Waals surface area contributed by atoms with Crippen molar-refractivity contribution in [2.45, 2.75) is 40.3 Å². The van der Waals surface area contributed by atoms with Gasteiger partial charge in [0.25, 0.3) is 0 Å². The van der Waals surface area contributed by atoms with Crippen molar-refractivity contribution in [3.05, 3.63) is 40.4 Å². The molecule has 0 spiro atoms. The Hall–Kier alpha value is -0.990. The number of para-hydroxylation sites is 1. The van der Waals surface area contributed by atoms with Crippen LogP contribution in [0.25, 0.3) is 0 Å². The summed E-state index contributed by atoms with van der Waals surface area (Å²) >= 11 is 6.19. The summed E-state index contributed by atoms with van der Waals surface area (Å²) in [6.07, 6.45) is 2.04. The Morgan fingerprint density at radius 1 is 1.39 bits per heavy atom. The number of hydrogen-bond acceptors (Lipinski definition) is 2. The highest BCUT2D eigenvalue weighted by Gasteiger charge is 2.08. The van der Waals surface area contributed by atoms with E-state index in [1.807, 2.05) is 24.3 Å². The number of allylic oxidation sites excluding steroid dienone is 1. The van der Waals surface area contributed by atoms with Crippen LogP contribution in [0.3, 0.4) is 0 Å². The van der Waals surface area contributed by atoms with Gasteiger partial charge in [-0.05, 0) is 26.0 Å². The van der Waals surface area contributed by atoms with E-state index < -0.39 is 0 Å². The summed E-state index contributed by atoms with van der Waals surface area (Å²) in [5, 5.41) is 4.04. The maximum atomic E-state index is 6.19. The van der Waals surface area contributed by atoms with Crippen LogP contribution in [0.2, 0.25) is 5.02 Å². The standard InChI is InChI=1S/C15H22ClNO/c1-11(2)8-9-18-15-13(10-17-12(3)4)6-5-7-14(15)16/h5-8,12,17H,9-10H2,1-4H3. The Balaban J connectivity index is 2.77. The Bertz CT molecular complexity index is 409. The van der Waals surface area contributed by atoms with Crippen LogP contribution in [0.1, 0.15) is 33.3 Å². The van der Waals surface area contributed by atoms with E-state index in [-0.39, 0.29) is 0 Å². The molecule has 0 bridgehead atoms. The second kappa shape index (κ2) is 7.45. The highest BCUT2D eigenvalue weighted by molar-refractivity contribution is 6.32. The average molecular weight is 268 g/mol. The van der Waals surface area contributed by atoms with E-state index in [4.69, 9.17) is 16.3 Å². The Labute approximate surface area is 115 Å². The normalized spacial score (nSPS) is 10.6. The van der Waals surface area contributed by atoms with E-state index in [2.05, 4.69) is 33.0 Å². The van der Waals surface area contributed by atoms with Crippen LogP contribution < -0.4 is 10.1 Å². The Kier molecular flexibility index (Phi) is 6.23. The maximum Gasteiger partial charge on any atom is 0.142 e. The smallest absolute Gasteiger partial charge is 0.142 e. The lowest BCUT2D eigenvalue weighted by atomic mass is 10.2. The average Bonchev–Trinajstić information content (AvgIpc) is 2.28. The third-order valence-corrected chi connectivity index (χ3v) is 2.77. The first-order valence-corrected chi connectivity index (χ1v) is 6.65. The van der Waals surface area contributed by atoms with Crippen molar-refractivity contribution < 1.29 is 4.74 Å². The molecule has 0 saturated carbocycles. The summed E-state index contributed by atoms with van der Waals surface area (Å²) in [5.74, 6) is 0.782. The third kappa shape index (κ3) is 5.11. The van der Waals surface area contributed by atoms with Gasteiger partial charge in [0, 0.05) is 18.2 Å². The number of hydrogen-bond donors (Lipinski definition) is 1. The summed E-state index contributed by atoms with van der Waals surface area (Å²) in [4.78, 5) is 0. The minimum absolute atomic E-state index is 0.439. The largest absolute Gasteiger partial charge is 0.488 e. The van der Waals surface area contributed by atoms with E-state index in [1.54, 1.807) is 0 Å². The van der Waals surface area contributed by atoms with E-state index in [9.17, 15) is 0 Å². The summed E-state index contributed by atoms with van der Waals surface area (Å²) in [6.45, 7) is 9.67. The van der Waals surface area contributed by atoms with Crippen LogP contribution in [-0.4, -0.2) is 12.6 Å². The molecule has 1 aromatic carbocycles. The molecule has 0 radical (unpaired) electrons. The molecular weight excluding hydrogens is 246 g/mol. The molecular formula is C15H22ClNO. The van der Waals surface area contributed by atoms with Crippen molar-refractivity contribution in [1.29, 1.82) is 0 Å². The van der Waals surface area contributed by atoms with Crippen molar-refractivity contribution in [1.82, 2.24) is 5.32 Å². The van der Waals surface area contributed by atoms with Crippen molar-refractivity contribution >= 4 is 11.6 Å². The van der Waals surface area contributed by atoms with Gasteiger partial charge in [-0.2, -0.15) is 0 Å². The first-order chi connectivity index (χ1) is 8.50. The lowest BCUT2D eigenvalue weighted by Crippen LogP contribution is -2.22. The number of benzene rings is 1. The van der Waals surface area contributed by atoms with Crippen LogP contribution in [0, 0.1) is 0 Å². The molecule has 0 atom stereocenters. The summed E-state index contributed by atoms with van der Waals surface area (Å²) in [7, 11) is 0. The predicted octanol–water partition coefficient (Wildman–Crippen LogP) is 4.18. The Morgan fingerprint density at radius 2 is 2.11 bits per heavy atom. The van der Waals surface area contributed by atoms with E-state index >= 15 is 0 Å². The minimum Gasteiger partial charge on any atom is -0.488 e. The summed E-state index contributed by atoms with van der Waals surface area (Å²) < 4.78 is 5.76. The predicted molar refractivity (Wildman–Crippen MR) is 78.4 cm³/mol. The molecule has 0 heterocycles. The van der Waals surface area contributed by atoms with Crippen LogP contribution in [0.5, 0.6) is 5.75 Å². The lowest BCUT2D eigenvalue weighted by Gasteiger charge is -2.14. The molecule has 0 aliphatic rings.